The van der Waals surface area contributed by atoms with Crippen molar-refractivity contribution in [1.82, 2.24) is 15.2 Å². The van der Waals surface area contributed by atoms with E-state index in [1.807, 2.05) is 5.43 Å². The van der Waals surface area contributed by atoms with Crippen molar-refractivity contribution in [3.8, 4) is 0 Å². The van der Waals surface area contributed by atoms with Gasteiger partial charge >= 0.3 is 0 Å². The minimum absolute atomic E-state index is 0. The first-order chi connectivity index (χ1) is 5.16. The van der Waals surface area contributed by atoms with Gasteiger partial charge in [0.05, 0.1) is 6.20 Å². The Morgan fingerprint density at radius 3 is 2.75 bits per heavy atom. The molecule has 0 radical (unpaired) electrons. The zero-order chi connectivity index (χ0) is 8.43. The molecule has 0 aliphatic heterocycles. The fourth-order valence-corrected chi connectivity index (χ4v) is 0.735. The Morgan fingerprint density at radius 2 is 2.42 bits per heavy atom. The lowest BCUT2D eigenvalue weighted by atomic mass is 10.4. The molecule has 0 aliphatic rings. The second-order valence-corrected chi connectivity index (χ2v) is 1.94. The number of aromatic nitrogens is 2. The van der Waals surface area contributed by atoms with Crippen LogP contribution in [-0.4, -0.2) is 15.7 Å². The number of nitrogen functional groups attached to an aromatic ring is 1. The van der Waals surface area contributed by atoms with Crippen molar-refractivity contribution < 1.29 is 9.18 Å². The van der Waals surface area contributed by atoms with Gasteiger partial charge in [-0.15, -0.1) is 12.4 Å². The average Bonchev–Trinajstić information content (AvgIpc) is 2.30. The van der Waals surface area contributed by atoms with E-state index in [0.717, 1.165) is 10.9 Å². The lowest BCUT2D eigenvalue weighted by Gasteiger charge is -1.98. The first kappa shape index (κ1) is 10.9. The SMILES string of the molecule is Cl.Cn1ncc(F)c1C(=O)NN. The van der Waals surface area contributed by atoms with Crippen LogP contribution in [0.25, 0.3) is 0 Å². The average molecular weight is 195 g/mol. The molecule has 0 saturated heterocycles. The fraction of sp³-hybridized carbons (Fsp3) is 0.200. The molecule has 1 rings (SSSR count). The molecule has 0 aliphatic carbocycles. The monoisotopic (exact) mass is 194 g/mol. The van der Waals surface area contributed by atoms with E-state index in [2.05, 4.69) is 5.10 Å². The van der Waals surface area contributed by atoms with Gasteiger partial charge in [0.25, 0.3) is 5.91 Å². The quantitative estimate of drug-likeness (QED) is 0.363. The number of aryl methyl sites for hydroxylation is 1. The van der Waals surface area contributed by atoms with Crippen molar-refractivity contribution in [2.45, 2.75) is 0 Å². The van der Waals surface area contributed by atoms with Crippen LogP contribution in [0.1, 0.15) is 10.5 Å². The Balaban J connectivity index is 0.00000121. The summed E-state index contributed by atoms with van der Waals surface area (Å²) < 4.78 is 13.8. The lowest BCUT2D eigenvalue weighted by molar-refractivity contribution is 0.0940. The molecule has 5 nitrogen and oxygen atoms in total. The molecule has 68 valence electrons. The van der Waals surface area contributed by atoms with Gasteiger partial charge in [-0.2, -0.15) is 5.10 Å². The van der Waals surface area contributed by atoms with Crippen molar-refractivity contribution in [3.63, 3.8) is 0 Å². The highest BCUT2D eigenvalue weighted by molar-refractivity contribution is 5.92. The van der Waals surface area contributed by atoms with Crippen LogP contribution in [0.15, 0.2) is 6.20 Å². The number of nitrogens with one attached hydrogen (secondary N) is 1. The smallest absolute Gasteiger partial charge is 0.286 e. The van der Waals surface area contributed by atoms with Crippen LogP contribution in [0.3, 0.4) is 0 Å². The summed E-state index contributed by atoms with van der Waals surface area (Å²) in [5.74, 6) is 3.42. The molecule has 7 heteroatoms. The van der Waals surface area contributed by atoms with Crippen LogP contribution in [0.4, 0.5) is 4.39 Å². The highest BCUT2D eigenvalue weighted by Gasteiger charge is 2.14. The van der Waals surface area contributed by atoms with E-state index < -0.39 is 11.7 Å². The summed E-state index contributed by atoms with van der Waals surface area (Å²) in [6.45, 7) is 0. The number of halogens is 2. The summed E-state index contributed by atoms with van der Waals surface area (Å²) in [4.78, 5) is 10.8. The molecule has 0 spiro atoms. The van der Waals surface area contributed by atoms with Gasteiger partial charge in [0, 0.05) is 7.05 Å². The number of hydrazine groups is 1. The Hall–Kier alpha value is -1.14. The molecule has 1 aromatic rings. The van der Waals surface area contributed by atoms with E-state index in [4.69, 9.17) is 5.84 Å². The van der Waals surface area contributed by atoms with Gasteiger partial charge < -0.3 is 0 Å². The summed E-state index contributed by atoms with van der Waals surface area (Å²) in [6.07, 6.45) is 0.949. The number of hydrogen-bond acceptors (Lipinski definition) is 3. The Labute approximate surface area is 74.1 Å². The van der Waals surface area contributed by atoms with Crippen LogP contribution >= 0.6 is 12.4 Å². The highest BCUT2D eigenvalue weighted by Crippen LogP contribution is 2.02. The van der Waals surface area contributed by atoms with Crippen molar-refractivity contribution in [2.75, 3.05) is 0 Å². The Bertz CT molecular complexity index is 267. The maximum absolute atomic E-state index is 12.6. The number of amides is 1. The van der Waals surface area contributed by atoms with Crippen LogP contribution in [0.5, 0.6) is 0 Å². The van der Waals surface area contributed by atoms with Gasteiger partial charge in [-0.25, -0.2) is 10.2 Å². The summed E-state index contributed by atoms with van der Waals surface area (Å²) in [5.41, 5.74) is 1.64. The standard InChI is InChI=1S/C5H7FN4O.ClH/c1-10-4(5(11)9-7)3(6)2-8-10;/h2H,7H2,1H3,(H,9,11);1H. The normalized spacial score (nSPS) is 8.92. The van der Waals surface area contributed by atoms with E-state index in [9.17, 15) is 9.18 Å². The largest absolute Gasteiger partial charge is 0.289 e. The Kier molecular flexibility index (Phi) is 3.65. The van der Waals surface area contributed by atoms with Crippen molar-refractivity contribution >= 4 is 18.3 Å². The molecule has 1 aromatic heterocycles. The van der Waals surface area contributed by atoms with Crippen LogP contribution < -0.4 is 11.3 Å². The van der Waals surface area contributed by atoms with Crippen molar-refractivity contribution in [1.29, 1.82) is 0 Å². The number of carbonyl (C=O) groups is 1. The third kappa shape index (κ3) is 1.72. The second-order valence-electron chi connectivity index (χ2n) is 1.94. The zero-order valence-electron chi connectivity index (χ0n) is 6.24. The van der Waals surface area contributed by atoms with E-state index in [-0.39, 0.29) is 18.1 Å². The molecule has 0 aromatic carbocycles. The Morgan fingerprint density at radius 1 is 1.83 bits per heavy atom. The lowest BCUT2D eigenvalue weighted by Crippen LogP contribution is -2.32. The minimum atomic E-state index is -0.692. The molecule has 0 bridgehead atoms. The predicted molar refractivity (Wildman–Crippen MR) is 42.1 cm³/mol. The molecular weight excluding hydrogens is 187 g/mol. The van der Waals surface area contributed by atoms with Crippen LogP contribution in [-0.2, 0) is 7.05 Å². The molecule has 0 atom stereocenters. The maximum Gasteiger partial charge on any atom is 0.286 e. The van der Waals surface area contributed by atoms with Crippen molar-refractivity contribution in [2.24, 2.45) is 12.9 Å². The van der Waals surface area contributed by atoms with Gasteiger partial charge in [0.1, 0.15) is 0 Å². The summed E-state index contributed by atoms with van der Waals surface area (Å²) in [7, 11) is 1.45. The highest BCUT2D eigenvalue weighted by atomic mass is 35.5. The van der Waals surface area contributed by atoms with Crippen LogP contribution in [0.2, 0.25) is 0 Å². The van der Waals surface area contributed by atoms with E-state index in [1.165, 1.54) is 7.05 Å². The molecule has 12 heavy (non-hydrogen) atoms. The minimum Gasteiger partial charge on any atom is -0.289 e. The third-order valence-electron chi connectivity index (χ3n) is 1.24. The van der Waals surface area contributed by atoms with E-state index in [1.54, 1.807) is 0 Å². The summed E-state index contributed by atoms with van der Waals surface area (Å²) in [6, 6.07) is 0. The molecule has 0 fully saturated rings. The molecule has 0 unspecified atom stereocenters. The molecule has 1 heterocycles. The van der Waals surface area contributed by atoms with E-state index in [0.29, 0.717) is 0 Å². The van der Waals surface area contributed by atoms with Gasteiger partial charge in [0.2, 0.25) is 0 Å². The molecule has 0 saturated carbocycles. The number of nitrogens with two attached hydrogens (primary N) is 1. The molecular formula is C5H8ClFN4O. The van der Waals surface area contributed by atoms with Gasteiger partial charge in [0.15, 0.2) is 11.5 Å². The number of hydrogen-bond donors (Lipinski definition) is 2. The molecule has 1 amide bonds. The first-order valence-corrected chi connectivity index (χ1v) is 2.85. The van der Waals surface area contributed by atoms with E-state index >= 15 is 0 Å². The second kappa shape index (κ2) is 4.03. The van der Waals surface area contributed by atoms with Gasteiger partial charge in [-0.3, -0.25) is 14.9 Å². The topological polar surface area (TPSA) is 72.9 Å². The number of nitrogens with zero attached hydrogens (tertiary/aromatic N) is 2. The third-order valence-corrected chi connectivity index (χ3v) is 1.24. The predicted octanol–water partition coefficient (Wildman–Crippen LogP) is -0.416. The zero-order valence-corrected chi connectivity index (χ0v) is 7.06. The van der Waals surface area contributed by atoms with Crippen LogP contribution in [0, 0.1) is 5.82 Å². The fourth-order valence-electron chi connectivity index (χ4n) is 0.735. The van der Waals surface area contributed by atoms with Gasteiger partial charge in [-0.1, -0.05) is 0 Å². The van der Waals surface area contributed by atoms with Crippen molar-refractivity contribution in [3.05, 3.63) is 17.7 Å². The number of rotatable bonds is 1. The summed E-state index contributed by atoms with van der Waals surface area (Å²) >= 11 is 0. The summed E-state index contributed by atoms with van der Waals surface area (Å²) in [5, 5.41) is 3.51. The molecule has 3 N–H and O–H groups in total. The maximum atomic E-state index is 12.6. The number of carbonyl (C=O) groups excluding carboxylic acids is 1. The van der Waals surface area contributed by atoms with Gasteiger partial charge in [-0.05, 0) is 0 Å². The first-order valence-electron chi connectivity index (χ1n) is 2.85.